The molecule has 1 heterocycles. The number of halogens is 1. The number of nitrogens with zero attached hydrogens (tertiary/aromatic N) is 1. The van der Waals surface area contributed by atoms with E-state index >= 15 is 0 Å². The van der Waals surface area contributed by atoms with Crippen LogP contribution in [0.5, 0.6) is 0 Å². The number of aromatic nitrogens is 1. The molecule has 116 valence electrons. The van der Waals surface area contributed by atoms with Gasteiger partial charge in [-0.1, -0.05) is 25.5 Å². The molecule has 0 fully saturated rings. The lowest BCUT2D eigenvalue weighted by Gasteiger charge is -2.16. The topological polar surface area (TPSA) is 68.0 Å². The molecule has 1 aromatic heterocycles. The van der Waals surface area contributed by atoms with Crippen molar-refractivity contribution < 1.29 is 4.79 Å². The summed E-state index contributed by atoms with van der Waals surface area (Å²) in [5, 5.41) is 4.00. The monoisotopic (exact) mass is 327 g/mol. The maximum absolute atomic E-state index is 11.9. The molecule has 1 amide bonds. The van der Waals surface area contributed by atoms with Crippen LogP contribution in [0, 0.1) is 0 Å². The number of nitrogens with two attached hydrogens (primary N) is 1. The number of nitrogens with one attached hydrogen (secondary N) is 1. The zero-order valence-electron chi connectivity index (χ0n) is 12.3. The van der Waals surface area contributed by atoms with E-state index in [1.54, 1.807) is 11.3 Å². The van der Waals surface area contributed by atoms with Crippen molar-refractivity contribution >= 4 is 39.9 Å². The van der Waals surface area contributed by atoms with Crippen molar-refractivity contribution in [3.8, 4) is 0 Å². The molecule has 3 N–H and O–H groups in total. The molecule has 2 atom stereocenters. The van der Waals surface area contributed by atoms with E-state index in [1.807, 2.05) is 32.0 Å². The number of carbonyl (C=O) groups is 1. The van der Waals surface area contributed by atoms with Crippen LogP contribution in [-0.2, 0) is 11.2 Å². The number of para-hydroxylation sites is 1. The Morgan fingerprint density at radius 2 is 2.14 bits per heavy atom. The first-order valence-corrected chi connectivity index (χ1v) is 7.82. The number of rotatable bonds is 6. The van der Waals surface area contributed by atoms with E-state index in [2.05, 4.69) is 16.4 Å². The Balaban J connectivity index is 0.00000220. The molecule has 0 aliphatic rings. The quantitative estimate of drug-likeness (QED) is 0.857. The van der Waals surface area contributed by atoms with Gasteiger partial charge in [-0.25, -0.2) is 4.98 Å². The van der Waals surface area contributed by atoms with Gasteiger partial charge < -0.3 is 11.1 Å². The zero-order valence-corrected chi connectivity index (χ0v) is 14.0. The molecular formula is C15H22ClN3OS. The average molecular weight is 328 g/mol. The number of carbonyl (C=O) groups excluding carboxylic acids is 1. The fraction of sp³-hybridized carbons (Fsp3) is 0.467. The predicted octanol–water partition coefficient (Wildman–Crippen LogP) is 2.89. The van der Waals surface area contributed by atoms with Crippen molar-refractivity contribution in [3.05, 3.63) is 29.3 Å². The maximum atomic E-state index is 11.9. The van der Waals surface area contributed by atoms with E-state index in [9.17, 15) is 4.79 Å². The Bertz CT molecular complexity index is 554. The summed E-state index contributed by atoms with van der Waals surface area (Å²) in [5.74, 6) is -0.0690. The first kappa shape index (κ1) is 17.9. The van der Waals surface area contributed by atoms with Crippen LogP contribution in [-0.4, -0.2) is 23.0 Å². The van der Waals surface area contributed by atoms with Crippen molar-refractivity contribution in [2.75, 3.05) is 0 Å². The van der Waals surface area contributed by atoms with E-state index in [-0.39, 0.29) is 24.4 Å². The van der Waals surface area contributed by atoms with Crippen LogP contribution in [0.2, 0.25) is 0 Å². The van der Waals surface area contributed by atoms with Crippen molar-refractivity contribution in [3.63, 3.8) is 0 Å². The zero-order chi connectivity index (χ0) is 14.5. The van der Waals surface area contributed by atoms with Gasteiger partial charge in [0.25, 0.3) is 0 Å². The molecule has 1 aromatic carbocycles. The fourth-order valence-electron chi connectivity index (χ4n) is 2.11. The van der Waals surface area contributed by atoms with E-state index in [4.69, 9.17) is 5.73 Å². The Hall–Kier alpha value is -1.17. The number of hydrogen-bond donors (Lipinski definition) is 2. The summed E-state index contributed by atoms with van der Waals surface area (Å²) in [4.78, 5) is 16.4. The summed E-state index contributed by atoms with van der Waals surface area (Å²) in [6.07, 6.45) is 2.38. The van der Waals surface area contributed by atoms with Crippen LogP contribution in [0.1, 0.15) is 31.7 Å². The second-order valence-corrected chi connectivity index (χ2v) is 6.20. The van der Waals surface area contributed by atoms with Crippen LogP contribution in [0.4, 0.5) is 0 Å². The van der Waals surface area contributed by atoms with Crippen LogP contribution >= 0.6 is 23.7 Å². The largest absolute Gasteiger partial charge is 0.352 e. The summed E-state index contributed by atoms with van der Waals surface area (Å²) < 4.78 is 1.18. The molecular weight excluding hydrogens is 306 g/mol. The SMILES string of the molecule is CCCC(N)C(=O)NC(C)Cc1nc2ccccc2s1.Cl. The van der Waals surface area contributed by atoms with Gasteiger partial charge in [0.15, 0.2) is 0 Å². The molecule has 0 aliphatic carbocycles. The maximum Gasteiger partial charge on any atom is 0.237 e. The second kappa shape index (κ2) is 8.32. The summed E-state index contributed by atoms with van der Waals surface area (Å²) >= 11 is 1.68. The molecule has 0 aliphatic heterocycles. The van der Waals surface area contributed by atoms with E-state index in [0.717, 1.165) is 29.8 Å². The Labute approximate surface area is 135 Å². The minimum Gasteiger partial charge on any atom is -0.352 e. The molecule has 0 spiro atoms. The summed E-state index contributed by atoms with van der Waals surface area (Å²) in [5.41, 5.74) is 6.83. The lowest BCUT2D eigenvalue weighted by molar-refractivity contribution is -0.123. The first-order valence-electron chi connectivity index (χ1n) is 7.00. The highest BCUT2D eigenvalue weighted by molar-refractivity contribution is 7.18. The van der Waals surface area contributed by atoms with Crippen LogP contribution < -0.4 is 11.1 Å². The molecule has 0 saturated heterocycles. The molecule has 0 bridgehead atoms. The minimum atomic E-state index is -0.405. The van der Waals surface area contributed by atoms with Gasteiger partial charge in [0.1, 0.15) is 0 Å². The van der Waals surface area contributed by atoms with E-state index < -0.39 is 6.04 Å². The van der Waals surface area contributed by atoms with Gasteiger partial charge in [-0.3, -0.25) is 4.79 Å². The van der Waals surface area contributed by atoms with Gasteiger partial charge in [-0.05, 0) is 25.5 Å². The summed E-state index contributed by atoms with van der Waals surface area (Å²) in [6.45, 7) is 4.01. The van der Waals surface area contributed by atoms with Crippen LogP contribution in [0.15, 0.2) is 24.3 Å². The number of hydrogen-bond acceptors (Lipinski definition) is 4. The van der Waals surface area contributed by atoms with Crippen molar-refractivity contribution in [2.45, 2.75) is 45.2 Å². The fourth-order valence-corrected chi connectivity index (χ4v) is 3.21. The minimum absolute atomic E-state index is 0. The molecule has 0 radical (unpaired) electrons. The lowest BCUT2D eigenvalue weighted by Crippen LogP contribution is -2.45. The van der Waals surface area contributed by atoms with Gasteiger partial charge in [0.2, 0.25) is 5.91 Å². The molecule has 21 heavy (non-hydrogen) atoms. The third kappa shape index (κ3) is 4.95. The third-order valence-electron chi connectivity index (χ3n) is 3.14. The predicted molar refractivity (Wildman–Crippen MR) is 91.1 cm³/mol. The van der Waals surface area contributed by atoms with Gasteiger partial charge in [-0.2, -0.15) is 0 Å². The average Bonchev–Trinajstić information content (AvgIpc) is 2.80. The normalized spacial score (nSPS) is 13.5. The molecule has 6 heteroatoms. The van der Waals surface area contributed by atoms with Crippen molar-refractivity contribution in [1.29, 1.82) is 0 Å². The summed E-state index contributed by atoms with van der Waals surface area (Å²) in [6, 6.07) is 7.72. The van der Waals surface area contributed by atoms with E-state index in [1.165, 1.54) is 4.70 Å². The molecule has 0 saturated carbocycles. The summed E-state index contributed by atoms with van der Waals surface area (Å²) in [7, 11) is 0. The Morgan fingerprint density at radius 1 is 1.43 bits per heavy atom. The smallest absolute Gasteiger partial charge is 0.237 e. The van der Waals surface area contributed by atoms with Gasteiger partial charge >= 0.3 is 0 Å². The highest BCUT2D eigenvalue weighted by Gasteiger charge is 2.16. The third-order valence-corrected chi connectivity index (χ3v) is 4.20. The van der Waals surface area contributed by atoms with Gasteiger partial charge in [-0.15, -0.1) is 23.7 Å². The van der Waals surface area contributed by atoms with Gasteiger partial charge in [0, 0.05) is 12.5 Å². The van der Waals surface area contributed by atoms with Crippen LogP contribution in [0.3, 0.4) is 0 Å². The second-order valence-electron chi connectivity index (χ2n) is 5.08. The van der Waals surface area contributed by atoms with Crippen molar-refractivity contribution in [2.24, 2.45) is 5.73 Å². The number of amides is 1. The first-order chi connectivity index (χ1) is 9.60. The molecule has 2 aromatic rings. The molecule has 2 rings (SSSR count). The number of fused-ring (bicyclic) bond motifs is 1. The Morgan fingerprint density at radius 3 is 2.81 bits per heavy atom. The number of thiazole rings is 1. The highest BCUT2D eigenvalue weighted by Crippen LogP contribution is 2.22. The Kier molecular flexibility index (Phi) is 7.08. The van der Waals surface area contributed by atoms with Crippen LogP contribution in [0.25, 0.3) is 10.2 Å². The van der Waals surface area contributed by atoms with E-state index in [0.29, 0.717) is 0 Å². The lowest BCUT2D eigenvalue weighted by atomic mass is 10.1. The standard InChI is InChI=1S/C15H21N3OS.ClH/c1-3-6-11(16)15(19)17-10(2)9-14-18-12-7-4-5-8-13(12)20-14;/h4-5,7-8,10-11H,3,6,9,16H2,1-2H3,(H,17,19);1H. The van der Waals surface area contributed by atoms with Crippen molar-refractivity contribution in [1.82, 2.24) is 10.3 Å². The number of benzene rings is 1. The molecule has 2 unspecified atom stereocenters. The molecule has 4 nitrogen and oxygen atoms in total. The highest BCUT2D eigenvalue weighted by atomic mass is 35.5. The van der Waals surface area contributed by atoms with Gasteiger partial charge in [0.05, 0.1) is 21.3 Å².